The van der Waals surface area contributed by atoms with Crippen LogP contribution in [0.2, 0.25) is 0 Å². The van der Waals surface area contributed by atoms with Crippen LogP contribution in [0.5, 0.6) is 0 Å². The minimum atomic E-state index is 0. The molecule has 3 aliphatic heterocycles. The van der Waals surface area contributed by atoms with Crippen molar-refractivity contribution >= 4 is 0 Å². The molecule has 3 heterocycles. The average Bonchev–Trinajstić information content (AvgIpc) is 2.53. The Hall–Kier alpha value is -0.160. The minimum Gasteiger partial charge on any atom is -0.306 e. The van der Waals surface area contributed by atoms with E-state index in [0.717, 1.165) is 0 Å². The van der Waals surface area contributed by atoms with Crippen molar-refractivity contribution in [1.29, 1.82) is 0 Å². The number of hydrogen-bond donors (Lipinski definition) is 0. The molecule has 0 unspecified atom stereocenters. The first kappa shape index (κ1) is 22.8. The molecule has 0 spiro atoms. The quantitative estimate of drug-likeness (QED) is 0.678. The fraction of sp³-hybridized carbons (Fsp3) is 1.00. The SMILES string of the molecule is C.CN1CCCCC1.CN1CCCCC1.CN1CCN(C)CC1. The van der Waals surface area contributed by atoms with E-state index in [1.807, 2.05) is 0 Å². The van der Waals surface area contributed by atoms with E-state index in [2.05, 4.69) is 47.8 Å². The van der Waals surface area contributed by atoms with E-state index >= 15 is 0 Å². The lowest BCUT2D eigenvalue weighted by atomic mass is 10.1. The maximum atomic E-state index is 2.39. The maximum Gasteiger partial charge on any atom is 0.0107 e. The highest BCUT2D eigenvalue weighted by Gasteiger charge is 2.07. The fourth-order valence-corrected chi connectivity index (χ4v) is 3.01. The van der Waals surface area contributed by atoms with Crippen molar-refractivity contribution < 1.29 is 0 Å². The van der Waals surface area contributed by atoms with Crippen molar-refractivity contribution in [2.24, 2.45) is 0 Å². The second kappa shape index (κ2) is 14.2. The van der Waals surface area contributed by atoms with Gasteiger partial charge < -0.3 is 19.6 Å². The van der Waals surface area contributed by atoms with Crippen LogP contribution >= 0.6 is 0 Å². The molecule has 3 aliphatic rings. The van der Waals surface area contributed by atoms with Crippen LogP contribution in [0.1, 0.15) is 46.0 Å². The largest absolute Gasteiger partial charge is 0.306 e. The first-order chi connectivity index (χ1) is 10.6. The first-order valence-corrected chi connectivity index (χ1v) is 9.32. The van der Waals surface area contributed by atoms with Crippen molar-refractivity contribution in [3.8, 4) is 0 Å². The van der Waals surface area contributed by atoms with Crippen LogP contribution in [-0.2, 0) is 0 Å². The van der Waals surface area contributed by atoms with E-state index in [4.69, 9.17) is 0 Å². The van der Waals surface area contributed by atoms with Crippen LogP contribution in [0.25, 0.3) is 0 Å². The molecule has 0 aromatic heterocycles. The van der Waals surface area contributed by atoms with E-state index in [-0.39, 0.29) is 7.43 Å². The Balaban J connectivity index is 0.000000310. The molecular formula is C19H44N4. The van der Waals surface area contributed by atoms with Crippen LogP contribution in [0.15, 0.2) is 0 Å². The molecule has 140 valence electrons. The Bertz CT molecular complexity index is 214. The predicted octanol–water partition coefficient (Wildman–Crippen LogP) is 2.70. The van der Waals surface area contributed by atoms with Gasteiger partial charge in [0.1, 0.15) is 0 Å². The Morgan fingerprint density at radius 1 is 0.348 bits per heavy atom. The van der Waals surface area contributed by atoms with Gasteiger partial charge in [0, 0.05) is 26.2 Å². The van der Waals surface area contributed by atoms with E-state index in [1.54, 1.807) is 0 Å². The summed E-state index contributed by atoms with van der Waals surface area (Å²) in [5, 5.41) is 0. The van der Waals surface area contributed by atoms with E-state index in [9.17, 15) is 0 Å². The van der Waals surface area contributed by atoms with Crippen LogP contribution in [0, 0.1) is 0 Å². The normalized spacial score (nSPS) is 24.5. The molecule has 4 nitrogen and oxygen atoms in total. The summed E-state index contributed by atoms with van der Waals surface area (Å²) >= 11 is 0. The summed E-state index contributed by atoms with van der Waals surface area (Å²) in [5.41, 5.74) is 0. The zero-order chi connectivity index (χ0) is 16.2. The second-order valence-electron chi connectivity index (χ2n) is 7.33. The summed E-state index contributed by atoms with van der Waals surface area (Å²) in [6, 6.07) is 0. The van der Waals surface area contributed by atoms with Gasteiger partial charge in [0.2, 0.25) is 0 Å². The third-order valence-electron chi connectivity index (χ3n) is 4.89. The molecule has 3 rings (SSSR count). The molecule has 23 heavy (non-hydrogen) atoms. The molecule has 0 aliphatic carbocycles. The van der Waals surface area contributed by atoms with Crippen molar-refractivity contribution in [3.63, 3.8) is 0 Å². The fourth-order valence-electron chi connectivity index (χ4n) is 3.01. The van der Waals surface area contributed by atoms with Crippen LogP contribution in [-0.4, -0.2) is 100 Å². The number of rotatable bonds is 0. The van der Waals surface area contributed by atoms with Crippen molar-refractivity contribution in [2.75, 3.05) is 80.5 Å². The number of likely N-dealkylation sites (N-methyl/N-ethyl adjacent to an activating group) is 2. The summed E-state index contributed by atoms with van der Waals surface area (Å²) in [6.45, 7) is 10.2. The second-order valence-corrected chi connectivity index (χ2v) is 7.33. The predicted molar refractivity (Wildman–Crippen MR) is 104 cm³/mol. The molecule has 4 heteroatoms. The van der Waals surface area contributed by atoms with Gasteiger partial charge in [-0.1, -0.05) is 20.3 Å². The summed E-state index contributed by atoms with van der Waals surface area (Å²) in [7, 11) is 8.73. The van der Waals surface area contributed by atoms with Gasteiger partial charge in [-0.25, -0.2) is 0 Å². The monoisotopic (exact) mass is 328 g/mol. The van der Waals surface area contributed by atoms with Gasteiger partial charge in [0.25, 0.3) is 0 Å². The molecule has 0 aromatic carbocycles. The lowest BCUT2D eigenvalue weighted by Gasteiger charge is -2.28. The van der Waals surface area contributed by atoms with Gasteiger partial charge in [0.05, 0.1) is 0 Å². The number of likely N-dealkylation sites (tertiary alicyclic amines) is 2. The van der Waals surface area contributed by atoms with Gasteiger partial charge in [-0.3, -0.25) is 0 Å². The highest BCUT2D eigenvalue weighted by Crippen LogP contribution is 2.05. The average molecular weight is 329 g/mol. The van der Waals surface area contributed by atoms with Crippen molar-refractivity contribution in [1.82, 2.24) is 19.6 Å². The highest BCUT2D eigenvalue weighted by atomic mass is 15.2. The Labute approximate surface area is 146 Å². The van der Waals surface area contributed by atoms with Gasteiger partial charge in [0.15, 0.2) is 0 Å². The standard InChI is InChI=1S/C6H14N2.2C6H13N.CH4/c1-7-3-5-8(2)6-4-7;2*1-7-5-3-2-4-6-7;/h3-6H2,1-2H3;2*2-6H2,1H3;1H4. The molecule has 0 saturated carbocycles. The number of nitrogens with zero attached hydrogens (tertiary/aromatic N) is 4. The third kappa shape index (κ3) is 12.9. The van der Waals surface area contributed by atoms with Gasteiger partial charge >= 0.3 is 0 Å². The Morgan fingerprint density at radius 2 is 0.565 bits per heavy atom. The van der Waals surface area contributed by atoms with Gasteiger partial charge in [-0.2, -0.15) is 0 Å². The zero-order valence-electron chi connectivity index (χ0n) is 15.7. The van der Waals surface area contributed by atoms with Crippen molar-refractivity contribution in [2.45, 2.75) is 46.0 Å². The van der Waals surface area contributed by atoms with Crippen LogP contribution in [0.3, 0.4) is 0 Å². The van der Waals surface area contributed by atoms with E-state index < -0.39 is 0 Å². The molecule has 0 N–H and O–H groups in total. The Kier molecular flexibility index (Phi) is 14.1. The van der Waals surface area contributed by atoms with Gasteiger partial charge in [-0.15, -0.1) is 0 Å². The number of hydrogen-bond acceptors (Lipinski definition) is 4. The minimum absolute atomic E-state index is 0. The number of piperidine rings is 2. The van der Waals surface area contributed by atoms with Crippen molar-refractivity contribution in [3.05, 3.63) is 0 Å². The summed E-state index contributed by atoms with van der Waals surface area (Å²) in [5.74, 6) is 0. The number of piperazine rings is 1. The first-order valence-electron chi connectivity index (χ1n) is 9.32. The van der Waals surface area contributed by atoms with E-state index in [0.29, 0.717) is 0 Å². The molecule has 0 bridgehead atoms. The lowest BCUT2D eigenvalue weighted by molar-refractivity contribution is 0.181. The van der Waals surface area contributed by atoms with E-state index in [1.165, 1.54) is 90.9 Å². The molecule has 0 radical (unpaired) electrons. The molecule has 0 atom stereocenters. The zero-order valence-corrected chi connectivity index (χ0v) is 15.7. The topological polar surface area (TPSA) is 13.0 Å². The summed E-state index contributed by atoms with van der Waals surface area (Å²) in [6.07, 6.45) is 8.55. The van der Waals surface area contributed by atoms with Crippen LogP contribution < -0.4 is 0 Å². The maximum absolute atomic E-state index is 2.39. The Morgan fingerprint density at radius 3 is 0.739 bits per heavy atom. The molecule has 3 fully saturated rings. The molecular weight excluding hydrogens is 284 g/mol. The summed E-state index contributed by atoms with van der Waals surface area (Å²) in [4.78, 5) is 9.51. The molecule has 0 amide bonds. The van der Waals surface area contributed by atoms with Crippen LogP contribution in [0.4, 0.5) is 0 Å². The lowest BCUT2D eigenvalue weighted by Crippen LogP contribution is -2.42. The molecule has 3 saturated heterocycles. The molecule has 0 aromatic rings. The smallest absolute Gasteiger partial charge is 0.0107 e. The highest BCUT2D eigenvalue weighted by molar-refractivity contribution is 4.64. The van der Waals surface area contributed by atoms with Gasteiger partial charge in [-0.05, 0) is 80.1 Å². The summed E-state index contributed by atoms with van der Waals surface area (Å²) < 4.78 is 0. The third-order valence-corrected chi connectivity index (χ3v) is 4.89.